The standard InChI is InChI=1S/C26H33N3O5/c1-19(30)22-7-8-24-23(17-22)29(26(32)34-24)18-21-6-3-5-20(15-21)16-25(31)33-14-4-9-28-12-10-27(2)11-13-28/h3,5-8,15,17,19,30H,4,9-14,16,18H2,1-2H3. The highest BCUT2D eigenvalue weighted by Gasteiger charge is 2.15. The number of carbonyl (C=O) groups is 1. The second kappa shape index (κ2) is 11.0. The average molecular weight is 468 g/mol. The number of benzene rings is 2. The summed E-state index contributed by atoms with van der Waals surface area (Å²) in [5.74, 6) is -0.703. The van der Waals surface area contributed by atoms with Gasteiger partial charge in [-0.1, -0.05) is 30.3 Å². The van der Waals surface area contributed by atoms with Gasteiger partial charge in [0.15, 0.2) is 5.58 Å². The van der Waals surface area contributed by atoms with Gasteiger partial charge in [-0.25, -0.2) is 4.79 Å². The Balaban J connectivity index is 1.32. The van der Waals surface area contributed by atoms with Crippen LogP contribution in [-0.2, 0) is 22.5 Å². The van der Waals surface area contributed by atoms with E-state index >= 15 is 0 Å². The van der Waals surface area contributed by atoms with Crippen LogP contribution in [0.3, 0.4) is 0 Å². The SMILES string of the molecule is CC(O)c1ccc2oc(=O)n(Cc3cccc(CC(=O)OCCCN4CCN(C)CC4)c3)c2c1. The van der Waals surface area contributed by atoms with Gasteiger partial charge in [0.25, 0.3) is 0 Å². The number of nitrogens with zero attached hydrogens (tertiary/aromatic N) is 3. The smallest absolute Gasteiger partial charge is 0.420 e. The number of likely N-dealkylation sites (N-methyl/N-ethyl adjacent to an activating group) is 1. The molecule has 0 aliphatic carbocycles. The average Bonchev–Trinajstić information content (AvgIpc) is 3.12. The maximum Gasteiger partial charge on any atom is 0.420 e. The van der Waals surface area contributed by atoms with E-state index in [-0.39, 0.29) is 12.4 Å². The van der Waals surface area contributed by atoms with E-state index in [1.807, 2.05) is 24.3 Å². The molecule has 0 spiro atoms. The number of ether oxygens (including phenoxy) is 1. The van der Waals surface area contributed by atoms with Gasteiger partial charge in [-0.3, -0.25) is 9.36 Å². The van der Waals surface area contributed by atoms with Crippen LogP contribution in [0.25, 0.3) is 11.1 Å². The fourth-order valence-electron chi connectivity index (χ4n) is 4.27. The van der Waals surface area contributed by atoms with Crippen LogP contribution in [0.2, 0.25) is 0 Å². The summed E-state index contributed by atoms with van der Waals surface area (Å²) in [6.45, 7) is 7.64. The molecule has 2 heterocycles. The third-order valence-electron chi connectivity index (χ3n) is 6.33. The number of fused-ring (bicyclic) bond motifs is 1. The number of aromatic nitrogens is 1. The molecule has 2 aromatic carbocycles. The van der Waals surface area contributed by atoms with Crippen LogP contribution in [0, 0.1) is 0 Å². The first-order valence-corrected chi connectivity index (χ1v) is 11.8. The van der Waals surface area contributed by atoms with Crippen molar-refractivity contribution in [1.29, 1.82) is 0 Å². The van der Waals surface area contributed by atoms with Crippen molar-refractivity contribution >= 4 is 17.1 Å². The zero-order valence-corrected chi connectivity index (χ0v) is 19.9. The summed E-state index contributed by atoms with van der Waals surface area (Å²) in [7, 11) is 2.14. The molecule has 1 aliphatic heterocycles. The second-order valence-corrected chi connectivity index (χ2v) is 9.07. The maximum atomic E-state index is 12.4. The summed E-state index contributed by atoms with van der Waals surface area (Å²) in [5, 5.41) is 9.88. The third-order valence-corrected chi connectivity index (χ3v) is 6.33. The molecule has 1 atom stereocenters. The Bertz CT molecular complexity index is 1170. The highest BCUT2D eigenvalue weighted by Crippen LogP contribution is 2.21. The molecule has 1 aliphatic rings. The summed E-state index contributed by atoms with van der Waals surface area (Å²) >= 11 is 0. The van der Waals surface area contributed by atoms with Crippen molar-refractivity contribution in [2.75, 3.05) is 46.4 Å². The van der Waals surface area contributed by atoms with Gasteiger partial charge in [0.1, 0.15) is 0 Å². The molecular formula is C26H33N3O5. The zero-order valence-electron chi connectivity index (χ0n) is 19.9. The monoisotopic (exact) mass is 467 g/mol. The molecule has 1 saturated heterocycles. The molecule has 0 saturated carbocycles. The summed E-state index contributed by atoms with van der Waals surface area (Å²) in [4.78, 5) is 29.5. The molecule has 34 heavy (non-hydrogen) atoms. The van der Waals surface area contributed by atoms with Crippen molar-refractivity contribution < 1.29 is 19.1 Å². The first-order valence-electron chi connectivity index (χ1n) is 11.8. The van der Waals surface area contributed by atoms with E-state index < -0.39 is 11.9 Å². The number of oxazole rings is 1. The van der Waals surface area contributed by atoms with Crippen molar-refractivity contribution in [3.63, 3.8) is 0 Å². The van der Waals surface area contributed by atoms with Gasteiger partial charge in [0, 0.05) is 32.7 Å². The zero-order chi connectivity index (χ0) is 24.1. The van der Waals surface area contributed by atoms with Crippen LogP contribution in [0.5, 0.6) is 0 Å². The number of hydrogen-bond acceptors (Lipinski definition) is 7. The molecule has 0 amide bonds. The minimum Gasteiger partial charge on any atom is -0.465 e. The van der Waals surface area contributed by atoms with Crippen LogP contribution < -0.4 is 5.76 Å². The fourth-order valence-corrected chi connectivity index (χ4v) is 4.27. The lowest BCUT2D eigenvalue weighted by atomic mass is 10.1. The first-order chi connectivity index (χ1) is 16.4. The molecule has 1 N–H and O–H groups in total. The summed E-state index contributed by atoms with van der Waals surface area (Å²) in [6.07, 6.45) is 0.384. The fraction of sp³-hybridized carbons (Fsp3) is 0.462. The quantitative estimate of drug-likeness (QED) is 0.382. The Morgan fingerprint density at radius 1 is 1.12 bits per heavy atom. The lowest BCUT2D eigenvalue weighted by molar-refractivity contribution is -0.143. The van der Waals surface area contributed by atoms with E-state index in [2.05, 4.69) is 16.8 Å². The van der Waals surface area contributed by atoms with Gasteiger partial charge in [0.2, 0.25) is 0 Å². The van der Waals surface area contributed by atoms with Gasteiger partial charge < -0.3 is 24.1 Å². The number of hydrogen-bond donors (Lipinski definition) is 1. The summed E-state index contributed by atoms with van der Waals surface area (Å²) in [6, 6.07) is 12.8. The van der Waals surface area contributed by atoms with E-state index in [4.69, 9.17) is 9.15 Å². The van der Waals surface area contributed by atoms with Crippen molar-refractivity contribution in [1.82, 2.24) is 14.4 Å². The predicted octanol–water partition coefficient (Wildman–Crippen LogP) is 2.42. The Morgan fingerprint density at radius 3 is 2.65 bits per heavy atom. The topological polar surface area (TPSA) is 88.1 Å². The minimum atomic E-state index is -0.640. The first kappa shape index (κ1) is 24.2. The molecule has 182 valence electrons. The number of aliphatic hydroxyl groups is 1. The molecule has 0 radical (unpaired) electrons. The highest BCUT2D eigenvalue weighted by atomic mass is 16.5. The molecule has 8 heteroatoms. The van der Waals surface area contributed by atoms with E-state index in [1.165, 1.54) is 4.57 Å². The van der Waals surface area contributed by atoms with Crippen molar-refractivity contribution in [2.45, 2.75) is 32.4 Å². The molecule has 1 aromatic heterocycles. The van der Waals surface area contributed by atoms with E-state index in [0.29, 0.717) is 29.8 Å². The molecule has 1 unspecified atom stereocenters. The van der Waals surface area contributed by atoms with Gasteiger partial charge in [-0.15, -0.1) is 0 Å². The lowest BCUT2D eigenvalue weighted by Crippen LogP contribution is -2.44. The van der Waals surface area contributed by atoms with E-state index in [1.54, 1.807) is 25.1 Å². The predicted molar refractivity (Wildman–Crippen MR) is 130 cm³/mol. The molecule has 1 fully saturated rings. The molecule has 8 nitrogen and oxygen atoms in total. The van der Waals surface area contributed by atoms with Gasteiger partial charge in [0.05, 0.1) is 31.2 Å². The number of aliphatic hydroxyl groups excluding tert-OH is 1. The van der Waals surface area contributed by atoms with Gasteiger partial charge in [-0.05, 0) is 49.2 Å². The largest absolute Gasteiger partial charge is 0.465 e. The molecule has 0 bridgehead atoms. The van der Waals surface area contributed by atoms with Crippen molar-refractivity contribution in [3.8, 4) is 0 Å². The summed E-state index contributed by atoms with van der Waals surface area (Å²) in [5.41, 5.74) is 3.55. The molecule has 4 rings (SSSR count). The van der Waals surface area contributed by atoms with Crippen LogP contribution in [0.4, 0.5) is 0 Å². The molecule has 3 aromatic rings. The normalized spacial score (nSPS) is 16.1. The third kappa shape index (κ3) is 6.14. The number of esters is 1. The van der Waals surface area contributed by atoms with Gasteiger partial charge in [-0.2, -0.15) is 0 Å². The highest BCUT2D eigenvalue weighted by molar-refractivity contribution is 5.74. The van der Waals surface area contributed by atoms with Crippen molar-refractivity contribution in [3.05, 3.63) is 69.7 Å². The van der Waals surface area contributed by atoms with Crippen LogP contribution in [0.1, 0.15) is 36.1 Å². The Labute approximate surface area is 199 Å². The van der Waals surface area contributed by atoms with Crippen LogP contribution >= 0.6 is 0 Å². The number of piperazine rings is 1. The van der Waals surface area contributed by atoms with E-state index in [0.717, 1.165) is 50.3 Å². The number of rotatable bonds is 9. The Kier molecular flexibility index (Phi) is 7.82. The van der Waals surface area contributed by atoms with Crippen LogP contribution in [-0.4, -0.2) is 71.8 Å². The number of carbonyl (C=O) groups excluding carboxylic acids is 1. The van der Waals surface area contributed by atoms with E-state index in [9.17, 15) is 14.7 Å². The maximum absolute atomic E-state index is 12.4. The second-order valence-electron chi connectivity index (χ2n) is 9.07. The minimum absolute atomic E-state index is 0.190. The van der Waals surface area contributed by atoms with Crippen LogP contribution in [0.15, 0.2) is 51.7 Å². The van der Waals surface area contributed by atoms with Crippen molar-refractivity contribution in [2.24, 2.45) is 0 Å². The Morgan fingerprint density at radius 2 is 1.88 bits per heavy atom. The Hall–Kier alpha value is -2.94. The lowest BCUT2D eigenvalue weighted by Gasteiger charge is -2.32. The van der Waals surface area contributed by atoms with Gasteiger partial charge >= 0.3 is 11.7 Å². The molecular weight excluding hydrogens is 434 g/mol. The summed E-state index contributed by atoms with van der Waals surface area (Å²) < 4.78 is 12.3.